The maximum absolute atomic E-state index is 9.05. The van der Waals surface area contributed by atoms with Gasteiger partial charge in [0.05, 0.1) is 12.6 Å². The monoisotopic (exact) mass is 185 g/mol. The molecule has 0 saturated carbocycles. The summed E-state index contributed by atoms with van der Waals surface area (Å²) >= 11 is 1.39. The zero-order valence-corrected chi connectivity index (χ0v) is 7.50. The van der Waals surface area contributed by atoms with Gasteiger partial charge in [-0.05, 0) is 12.8 Å². The molecule has 1 aliphatic heterocycles. The molecule has 0 spiro atoms. The van der Waals surface area contributed by atoms with Crippen LogP contribution in [0.15, 0.2) is 6.33 Å². The maximum atomic E-state index is 9.05. The van der Waals surface area contributed by atoms with Crippen LogP contribution in [0, 0.1) is 0 Å². The third-order valence-electron chi connectivity index (χ3n) is 2.18. The van der Waals surface area contributed by atoms with Gasteiger partial charge in [0, 0.05) is 18.1 Å². The van der Waals surface area contributed by atoms with E-state index < -0.39 is 0 Å². The topological polar surface area (TPSA) is 49.2 Å². The Labute approximate surface area is 75.0 Å². The smallest absolute Gasteiger partial charge is 0.205 e. The minimum absolute atomic E-state index is 0.222. The highest BCUT2D eigenvalue weighted by molar-refractivity contribution is 7.09. The van der Waals surface area contributed by atoms with Crippen LogP contribution in [0.25, 0.3) is 0 Å². The van der Waals surface area contributed by atoms with E-state index in [0.29, 0.717) is 0 Å². The second-order valence-electron chi connectivity index (χ2n) is 2.90. The Morgan fingerprint density at radius 3 is 3.33 bits per heavy atom. The van der Waals surface area contributed by atoms with Crippen molar-refractivity contribution >= 4 is 16.7 Å². The summed E-state index contributed by atoms with van der Waals surface area (Å²) in [5, 5.41) is 9.99. The molecule has 5 heteroatoms. The van der Waals surface area contributed by atoms with Gasteiger partial charge in [-0.2, -0.15) is 4.37 Å². The van der Waals surface area contributed by atoms with E-state index in [9.17, 15) is 0 Å². The van der Waals surface area contributed by atoms with Crippen LogP contribution in [0.3, 0.4) is 0 Å². The molecule has 1 aromatic heterocycles. The highest BCUT2D eigenvalue weighted by Crippen LogP contribution is 2.25. The van der Waals surface area contributed by atoms with Gasteiger partial charge >= 0.3 is 0 Å². The van der Waals surface area contributed by atoms with E-state index in [0.717, 1.165) is 24.5 Å². The lowest BCUT2D eigenvalue weighted by atomic mass is 10.2. The van der Waals surface area contributed by atoms with Crippen molar-refractivity contribution in [2.75, 3.05) is 18.1 Å². The summed E-state index contributed by atoms with van der Waals surface area (Å²) in [5.41, 5.74) is 0. The minimum atomic E-state index is 0.222. The maximum Gasteiger partial charge on any atom is 0.205 e. The SMILES string of the molecule is OCC1CCCN1c1ncns1. The van der Waals surface area contributed by atoms with Crippen LogP contribution in [0.2, 0.25) is 0 Å². The van der Waals surface area contributed by atoms with Crippen molar-refractivity contribution in [2.24, 2.45) is 0 Å². The number of aliphatic hydroxyl groups excluding tert-OH is 1. The molecule has 1 unspecified atom stereocenters. The Morgan fingerprint density at radius 2 is 2.67 bits per heavy atom. The molecule has 0 amide bonds. The Bertz CT molecular complexity index is 239. The molecule has 1 aliphatic rings. The number of hydrogen-bond acceptors (Lipinski definition) is 5. The summed E-state index contributed by atoms with van der Waals surface area (Å²) in [6, 6.07) is 0.262. The summed E-state index contributed by atoms with van der Waals surface area (Å²) in [7, 11) is 0. The molecule has 0 radical (unpaired) electrons. The summed E-state index contributed by atoms with van der Waals surface area (Å²) in [6.07, 6.45) is 3.77. The highest BCUT2D eigenvalue weighted by atomic mass is 32.1. The molecule has 0 aliphatic carbocycles. The molecular formula is C7H11N3OS. The molecule has 1 atom stereocenters. The Morgan fingerprint density at radius 1 is 1.75 bits per heavy atom. The molecule has 1 saturated heterocycles. The van der Waals surface area contributed by atoms with Crippen LogP contribution in [0.1, 0.15) is 12.8 Å². The summed E-state index contributed by atoms with van der Waals surface area (Å²) < 4.78 is 3.94. The number of aliphatic hydroxyl groups is 1. The molecule has 1 fully saturated rings. The normalized spacial score (nSPS) is 23.4. The van der Waals surface area contributed by atoms with Crippen LogP contribution < -0.4 is 4.90 Å². The van der Waals surface area contributed by atoms with Crippen molar-refractivity contribution in [1.82, 2.24) is 9.36 Å². The third kappa shape index (κ3) is 1.30. The van der Waals surface area contributed by atoms with Crippen LogP contribution in [-0.4, -0.2) is 33.7 Å². The number of anilines is 1. The van der Waals surface area contributed by atoms with Crippen LogP contribution in [-0.2, 0) is 0 Å². The van der Waals surface area contributed by atoms with Gasteiger partial charge in [-0.15, -0.1) is 0 Å². The predicted octanol–water partition coefficient (Wildman–Crippen LogP) is 0.499. The van der Waals surface area contributed by atoms with Gasteiger partial charge < -0.3 is 10.0 Å². The van der Waals surface area contributed by atoms with Crippen molar-refractivity contribution in [3.63, 3.8) is 0 Å². The van der Waals surface area contributed by atoms with Crippen molar-refractivity contribution in [3.8, 4) is 0 Å². The summed E-state index contributed by atoms with van der Waals surface area (Å²) in [6.45, 7) is 1.22. The fourth-order valence-corrected chi connectivity index (χ4v) is 2.20. The van der Waals surface area contributed by atoms with Crippen molar-refractivity contribution in [3.05, 3.63) is 6.33 Å². The van der Waals surface area contributed by atoms with Crippen molar-refractivity contribution in [1.29, 1.82) is 0 Å². The van der Waals surface area contributed by atoms with Gasteiger partial charge in [0.25, 0.3) is 0 Å². The van der Waals surface area contributed by atoms with Crippen molar-refractivity contribution in [2.45, 2.75) is 18.9 Å². The van der Waals surface area contributed by atoms with Gasteiger partial charge in [0.1, 0.15) is 6.33 Å². The molecule has 0 bridgehead atoms. The molecule has 12 heavy (non-hydrogen) atoms. The lowest BCUT2D eigenvalue weighted by Crippen LogP contribution is -2.31. The first-order valence-corrected chi connectivity index (χ1v) is 4.83. The van der Waals surface area contributed by atoms with E-state index in [1.807, 2.05) is 0 Å². The first kappa shape index (κ1) is 7.94. The Kier molecular flexibility index (Phi) is 2.23. The molecule has 2 heterocycles. The average molecular weight is 185 g/mol. The van der Waals surface area contributed by atoms with Gasteiger partial charge in [0.2, 0.25) is 5.13 Å². The molecule has 1 aromatic rings. The molecule has 1 N–H and O–H groups in total. The molecule has 2 rings (SSSR count). The van der Waals surface area contributed by atoms with Gasteiger partial charge in [0.15, 0.2) is 0 Å². The lowest BCUT2D eigenvalue weighted by Gasteiger charge is -2.20. The van der Waals surface area contributed by atoms with Crippen molar-refractivity contribution < 1.29 is 5.11 Å². The molecular weight excluding hydrogens is 174 g/mol. The van der Waals surface area contributed by atoms with Gasteiger partial charge in [-0.1, -0.05) is 0 Å². The minimum Gasteiger partial charge on any atom is -0.394 e. The second kappa shape index (κ2) is 3.37. The second-order valence-corrected chi connectivity index (χ2v) is 3.65. The lowest BCUT2D eigenvalue weighted by molar-refractivity contribution is 0.266. The Hall–Kier alpha value is -0.680. The van der Waals surface area contributed by atoms with Gasteiger partial charge in [-0.25, -0.2) is 4.98 Å². The van der Waals surface area contributed by atoms with Crippen LogP contribution in [0.4, 0.5) is 5.13 Å². The Balaban J connectivity index is 2.13. The molecule has 66 valence electrons. The largest absolute Gasteiger partial charge is 0.394 e. The van der Waals surface area contributed by atoms with Crippen LogP contribution >= 0.6 is 11.5 Å². The summed E-state index contributed by atoms with van der Waals surface area (Å²) in [4.78, 5) is 6.26. The zero-order chi connectivity index (χ0) is 8.39. The van der Waals surface area contributed by atoms with Gasteiger partial charge in [-0.3, -0.25) is 0 Å². The number of hydrogen-bond donors (Lipinski definition) is 1. The summed E-state index contributed by atoms with van der Waals surface area (Å²) in [5.74, 6) is 0. The van der Waals surface area contributed by atoms with E-state index in [2.05, 4.69) is 14.3 Å². The predicted molar refractivity (Wildman–Crippen MR) is 47.4 cm³/mol. The fourth-order valence-electron chi connectivity index (χ4n) is 1.57. The third-order valence-corrected chi connectivity index (χ3v) is 2.89. The molecule has 0 aromatic carbocycles. The first-order valence-electron chi connectivity index (χ1n) is 4.06. The molecule has 4 nitrogen and oxygen atoms in total. The number of nitrogens with zero attached hydrogens (tertiary/aromatic N) is 3. The zero-order valence-electron chi connectivity index (χ0n) is 6.68. The van der Waals surface area contributed by atoms with E-state index in [1.54, 1.807) is 6.33 Å². The highest BCUT2D eigenvalue weighted by Gasteiger charge is 2.25. The van der Waals surface area contributed by atoms with E-state index >= 15 is 0 Å². The number of rotatable bonds is 2. The standard InChI is InChI=1S/C7H11N3OS/c11-4-6-2-1-3-10(6)7-8-5-9-12-7/h5-6,11H,1-4H2. The first-order chi connectivity index (χ1) is 5.92. The quantitative estimate of drug-likeness (QED) is 0.729. The number of aromatic nitrogens is 2. The van der Waals surface area contributed by atoms with E-state index in [4.69, 9.17) is 5.11 Å². The van der Waals surface area contributed by atoms with E-state index in [-0.39, 0.29) is 12.6 Å². The van der Waals surface area contributed by atoms with Crippen LogP contribution in [0.5, 0.6) is 0 Å². The van der Waals surface area contributed by atoms with E-state index in [1.165, 1.54) is 11.5 Å². The average Bonchev–Trinajstić information content (AvgIpc) is 2.74. The fraction of sp³-hybridized carbons (Fsp3) is 0.714.